The molecule has 0 amide bonds. The molecule has 3 rings (SSSR count). The Labute approximate surface area is 108 Å². The Morgan fingerprint density at radius 1 is 1.47 bits per heavy atom. The number of aromatic amines is 1. The summed E-state index contributed by atoms with van der Waals surface area (Å²) < 4.78 is 1.07. The van der Waals surface area contributed by atoms with Crippen LogP contribution in [0.15, 0.2) is 22.8 Å². The highest BCUT2D eigenvalue weighted by atomic mass is 79.9. The maximum absolute atomic E-state index is 4.08. The fourth-order valence-corrected chi connectivity index (χ4v) is 2.78. The quantitative estimate of drug-likeness (QED) is 0.815. The van der Waals surface area contributed by atoms with Crippen LogP contribution in [0.4, 0.5) is 5.69 Å². The van der Waals surface area contributed by atoms with E-state index in [1.807, 2.05) is 12.3 Å². The summed E-state index contributed by atoms with van der Waals surface area (Å²) in [5, 5.41) is 15.2. The minimum Gasteiger partial charge on any atom is -0.383 e. The molecule has 5 heteroatoms. The molecular formula is C12H15BrN4. The van der Waals surface area contributed by atoms with E-state index >= 15 is 0 Å². The fourth-order valence-electron chi connectivity index (χ4n) is 2.33. The van der Waals surface area contributed by atoms with Gasteiger partial charge in [0.15, 0.2) is 0 Å². The molecule has 3 N–H and O–H groups in total. The second kappa shape index (κ2) is 4.66. The number of nitrogens with one attached hydrogen (secondary N) is 3. The molecule has 0 saturated carbocycles. The van der Waals surface area contributed by atoms with Gasteiger partial charge in [-0.15, -0.1) is 0 Å². The summed E-state index contributed by atoms with van der Waals surface area (Å²) in [6.07, 6.45) is 4.41. The molecule has 1 fully saturated rings. The lowest BCUT2D eigenvalue weighted by Crippen LogP contribution is -2.29. The number of hydrogen-bond donors (Lipinski definition) is 3. The molecule has 1 aromatic heterocycles. The molecule has 1 atom stereocenters. The smallest absolute Gasteiger partial charge is 0.0682 e. The van der Waals surface area contributed by atoms with Gasteiger partial charge in [0, 0.05) is 28.1 Å². The van der Waals surface area contributed by atoms with E-state index in [4.69, 9.17) is 0 Å². The van der Waals surface area contributed by atoms with Crippen molar-refractivity contribution in [1.82, 2.24) is 15.5 Å². The summed E-state index contributed by atoms with van der Waals surface area (Å²) in [7, 11) is 0. The standard InChI is InChI=1S/C12H15BrN4/c13-8-4-11(10-7-16-17-12(10)5-8)15-6-9-2-1-3-14-9/h4-5,7,9,14-15H,1-3,6H2,(H,16,17)/t9-/m1/s1. The molecule has 1 aliphatic rings. The minimum atomic E-state index is 0.593. The lowest BCUT2D eigenvalue weighted by Gasteiger charge is -2.13. The third-order valence-corrected chi connectivity index (χ3v) is 3.68. The van der Waals surface area contributed by atoms with Crippen molar-refractivity contribution >= 4 is 32.5 Å². The Kier molecular flexibility index (Phi) is 3.03. The normalized spacial score (nSPS) is 19.9. The number of anilines is 1. The van der Waals surface area contributed by atoms with Crippen molar-refractivity contribution in [3.05, 3.63) is 22.8 Å². The summed E-state index contributed by atoms with van der Waals surface area (Å²) in [6.45, 7) is 2.11. The molecule has 0 radical (unpaired) electrons. The van der Waals surface area contributed by atoms with E-state index < -0.39 is 0 Å². The van der Waals surface area contributed by atoms with Gasteiger partial charge in [-0.1, -0.05) is 15.9 Å². The van der Waals surface area contributed by atoms with Crippen LogP contribution < -0.4 is 10.6 Å². The van der Waals surface area contributed by atoms with Gasteiger partial charge in [0.25, 0.3) is 0 Å². The first kappa shape index (κ1) is 11.0. The molecule has 1 aliphatic heterocycles. The Morgan fingerprint density at radius 2 is 2.41 bits per heavy atom. The van der Waals surface area contributed by atoms with Crippen LogP contribution in [-0.4, -0.2) is 29.3 Å². The first-order valence-electron chi connectivity index (χ1n) is 5.93. The van der Waals surface area contributed by atoms with Crippen LogP contribution in [0.5, 0.6) is 0 Å². The molecule has 4 nitrogen and oxygen atoms in total. The zero-order valence-corrected chi connectivity index (χ0v) is 11.0. The number of nitrogens with zero attached hydrogens (tertiary/aromatic N) is 1. The predicted molar refractivity (Wildman–Crippen MR) is 73.3 cm³/mol. The van der Waals surface area contributed by atoms with Crippen molar-refractivity contribution in [3.8, 4) is 0 Å². The van der Waals surface area contributed by atoms with Crippen molar-refractivity contribution in [1.29, 1.82) is 0 Å². The van der Waals surface area contributed by atoms with Gasteiger partial charge in [0.2, 0.25) is 0 Å². The summed E-state index contributed by atoms with van der Waals surface area (Å²) in [5.74, 6) is 0. The van der Waals surface area contributed by atoms with Crippen LogP contribution in [0.2, 0.25) is 0 Å². The van der Waals surface area contributed by atoms with E-state index in [0.29, 0.717) is 6.04 Å². The number of H-pyrrole nitrogens is 1. The van der Waals surface area contributed by atoms with E-state index in [9.17, 15) is 0 Å². The number of hydrogen-bond acceptors (Lipinski definition) is 3. The van der Waals surface area contributed by atoms with Gasteiger partial charge in [0.05, 0.1) is 11.7 Å². The van der Waals surface area contributed by atoms with E-state index in [1.54, 1.807) is 0 Å². The van der Waals surface area contributed by atoms with Crippen molar-refractivity contribution in [3.63, 3.8) is 0 Å². The minimum absolute atomic E-state index is 0.593. The summed E-state index contributed by atoms with van der Waals surface area (Å²) in [5.41, 5.74) is 2.19. The first-order chi connectivity index (χ1) is 8.33. The van der Waals surface area contributed by atoms with E-state index in [1.165, 1.54) is 12.8 Å². The van der Waals surface area contributed by atoms with Crippen LogP contribution in [-0.2, 0) is 0 Å². The molecule has 0 bridgehead atoms. The van der Waals surface area contributed by atoms with Gasteiger partial charge in [-0.05, 0) is 31.5 Å². The van der Waals surface area contributed by atoms with Crippen LogP contribution in [0.1, 0.15) is 12.8 Å². The van der Waals surface area contributed by atoms with Crippen molar-refractivity contribution in [2.24, 2.45) is 0 Å². The maximum atomic E-state index is 4.08. The lowest BCUT2D eigenvalue weighted by atomic mass is 10.2. The van der Waals surface area contributed by atoms with Crippen LogP contribution in [0.3, 0.4) is 0 Å². The maximum Gasteiger partial charge on any atom is 0.0682 e. The first-order valence-corrected chi connectivity index (χ1v) is 6.72. The highest BCUT2D eigenvalue weighted by Gasteiger charge is 2.14. The average Bonchev–Trinajstić information content (AvgIpc) is 2.95. The highest BCUT2D eigenvalue weighted by Crippen LogP contribution is 2.26. The lowest BCUT2D eigenvalue weighted by molar-refractivity contribution is 0.634. The molecule has 90 valence electrons. The van der Waals surface area contributed by atoms with Gasteiger partial charge in [0.1, 0.15) is 0 Å². The van der Waals surface area contributed by atoms with Crippen molar-refractivity contribution < 1.29 is 0 Å². The topological polar surface area (TPSA) is 52.7 Å². The molecule has 2 aromatic rings. The number of rotatable bonds is 3. The Balaban J connectivity index is 1.81. The van der Waals surface area contributed by atoms with Crippen molar-refractivity contribution in [2.45, 2.75) is 18.9 Å². The second-order valence-corrected chi connectivity index (χ2v) is 5.37. The third kappa shape index (κ3) is 2.30. The number of aromatic nitrogens is 2. The molecule has 17 heavy (non-hydrogen) atoms. The van der Waals surface area contributed by atoms with Gasteiger partial charge in [-0.2, -0.15) is 5.10 Å². The number of halogens is 1. The average molecular weight is 295 g/mol. The second-order valence-electron chi connectivity index (χ2n) is 4.46. The van der Waals surface area contributed by atoms with Crippen molar-refractivity contribution in [2.75, 3.05) is 18.4 Å². The van der Waals surface area contributed by atoms with Gasteiger partial charge in [-0.25, -0.2) is 0 Å². The molecule has 1 saturated heterocycles. The zero-order valence-electron chi connectivity index (χ0n) is 9.46. The van der Waals surface area contributed by atoms with Gasteiger partial charge < -0.3 is 10.6 Å². The highest BCUT2D eigenvalue weighted by molar-refractivity contribution is 9.10. The van der Waals surface area contributed by atoms with E-state index in [-0.39, 0.29) is 0 Å². The Bertz CT molecular complexity index is 516. The third-order valence-electron chi connectivity index (χ3n) is 3.22. The number of fused-ring (bicyclic) bond motifs is 1. The molecular weight excluding hydrogens is 280 g/mol. The summed E-state index contributed by atoms with van der Waals surface area (Å²) in [4.78, 5) is 0. The molecule has 0 aliphatic carbocycles. The molecule has 2 heterocycles. The predicted octanol–water partition coefficient (Wildman–Crippen LogP) is 2.49. The fraction of sp³-hybridized carbons (Fsp3) is 0.417. The zero-order chi connectivity index (χ0) is 11.7. The largest absolute Gasteiger partial charge is 0.383 e. The Hall–Kier alpha value is -1.07. The molecule has 0 unspecified atom stereocenters. The summed E-state index contributed by atoms with van der Waals surface area (Å²) >= 11 is 3.52. The summed E-state index contributed by atoms with van der Waals surface area (Å²) in [6, 6.07) is 4.74. The number of benzene rings is 1. The van der Waals surface area contributed by atoms with E-state index in [0.717, 1.165) is 34.2 Å². The van der Waals surface area contributed by atoms with Crippen LogP contribution in [0, 0.1) is 0 Å². The SMILES string of the molecule is Brc1cc(NC[C@H]2CCCN2)c2cn[nH]c2c1. The van der Waals surface area contributed by atoms with Gasteiger partial charge in [-0.3, -0.25) is 5.10 Å². The Morgan fingerprint density at radius 3 is 3.24 bits per heavy atom. The molecule has 0 spiro atoms. The monoisotopic (exact) mass is 294 g/mol. The van der Waals surface area contributed by atoms with Gasteiger partial charge >= 0.3 is 0 Å². The molecule has 1 aromatic carbocycles. The van der Waals surface area contributed by atoms with Crippen LogP contribution >= 0.6 is 15.9 Å². The van der Waals surface area contributed by atoms with Crippen LogP contribution in [0.25, 0.3) is 10.9 Å². The van der Waals surface area contributed by atoms with E-state index in [2.05, 4.69) is 42.8 Å².